The monoisotopic (exact) mass is 459 g/mol. The number of aryl methyl sites for hydroxylation is 1. The molecule has 1 saturated heterocycles. The average Bonchev–Trinajstić information content (AvgIpc) is 3.15. The van der Waals surface area contributed by atoms with Crippen LogP contribution in [-0.2, 0) is 32.6 Å². The van der Waals surface area contributed by atoms with Crippen molar-refractivity contribution < 1.29 is 27.8 Å². The third-order valence-electron chi connectivity index (χ3n) is 5.29. The molecule has 170 valence electrons. The van der Waals surface area contributed by atoms with Crippen molar-refractivity contribution in [2.45, 2.75) is 31.4 Å². The first kappa shape index (κ1) is 22.3. The molecule has 1 fully saturated rings. The van der Waals surface area contributed by atoms with Gasteiger partial charge in [-0.05, 0) is 48.9 Å². The molecule has 9 nitrogen and oxygen atoms in total. The molecule has 0 bridgehead atoms. The summed E-state index contributed by atoms with van der Waals surface area (Å²) < 4.78 is 40.0. The van der Waals surface area contributed by atoms with Crippen molar-refractivity contribution in [3.05, 3.63) is 53.9 Å². The molecule has 0 saturated carbocycles. The molecule has 32 heavy (non-hydrogen) atoms. The Morgan fingerprint density at radius 1 is 1.16 bits per heavy atom. The summed E-state index contributed by atoms with van der Waals surface area (Å²) >= 11 is 0. The van der Waals surface area contributed by atoms with Crippen LogP contribution in [0.4, 0.5) is 0 Å². The Morgan fingerprint density at radius 2 is 1.88 bits per heavy atom. The van der Waals surface area contributed by atoms with E-state index in [1.807, 2.05) is 11.5 Å². The molecule has 2 heterocycles. The largest absolute Gasteiger partial charge is 0.508 e. The smallest absolute Gasteiger partial charge is 0.338 e. The number of hydrogen-bond donors (Lipinski definition) is 1. The Labute approximate surface area is 186 Å². The number of carbonyl (C=O) groups excluding carboxylic acids is 1. The van der Waals surface area contributed by atoms with Crippen molar-refractivity contribution in [1.82, 2.24) is 13.9 Å². The summed E-state index contributed by atoms with van der Waals surface area (Å²) in [6, 6.07) is 10.7. The Bertz CT molecular complexity index is 1210. The van der Waals surface area contributed by atoms with Crippen molar-refractivity contribution in [1.29, 1.82) is 0 Å². The van der Waals surface area contributed by atoms with Crippen molar-refractivity contribution >= 4 is 27.0 Å². The number of aromatic nitrogens is 2. The number of sulfonamides is 1. The van der Waals surface area contributed by atoms with E-state index in [9.17, 15) is 18.3 Å². The van der Waals surface area contributed by atoms with E-state index in [1.165, 1.54) is 28.6 Å². The van der Waals surface area contributed by atoms with Gasteiger partial charge in [0.05, 0.1) is 34.7 Å². The molecule has 1 aromatic heterocycles. The second-order valence-corrected chi connectivity index (χ2v) is 9.41. The fraction of sp³-hybridized carbons (Fsp3) is 0.364. The number of benzene rings is 2. The second kappa shape index (κ2) is 9.27. The van der Waals surface area contributed by atoms with Crippen LogP contribution in [0.2, 0.25) is 0 Å². The summed E-state index contributed by atoms with van der Waals surface area (Å²) in [5.74, 6) is 0.0692. The number of nitrogens with zero attached hydrogens (tertiary/aromatic N) is 3. The average molecular weight is 460 g/mol. The molecule has 1 aliphatic heterocycles. The maximum atomic E-state index is 13.0. The standard InChI is InChI=1S/C22H25N3O6S/c1-2-9-25-20-8-7-18(32(28,29)24-10-12-30-13-11-24)14-19(20)23-21(25)15-31-22(27)16-3-5-17(26)6-4-16/h3-8,14,26H,2,9-13,15H2,1H3. The molecule has 0 atom stereocenters. The quantitative estimate of drug-likeness (QED) is 0.541. The molecule has 0 spiro atoms. The number of morpholine rings is 1. The lowest BCUT2D eigenvalue weighted by atomic mass is 10.2. The highest BCUT2D eigenvalue weighted by Crippen LogP contribution is 2.24. The zero-order valence-corrected chi connectivity index (χ0v) is 18.5. The van der Waals surface area contributed by atoms with Crippen molar-refractivity contribution in [3.8, 4) is 5.75 Å². The lowest BCUT2D eigenvalue weighted by molar-refractivity contribution is 0.0458. The van der Waals surface area contributed by atoms with E-state index in [2.05, 4.69) is 4.98 Å². The summed E-state index contributed by atoms with van der Waals surface area (Å²) in [6.07, 6.45) is 0.832. The predicted octanol–water partition coefficient (Wildman–Crippen LogP) is 2.53. The molecule has 10 heteroatoms. The molecule has 4 rings (SSSR count). The van der Waals surface area contributed by atoms with Crippen molar-refractivity contribution in [2.75, 3.05) is 26.3 Å². The van der Waals surface area contributed by atoms with Crippen molar-refractivity contribution in [3.63, 3.8) is 0 Å². The zero-order valence-electron chi connectivity index (χ0n) is 17.7. The van der Waals surface area contributed by atoms with Gasteiger partial charge < -0.3 is 19.1 Å². The number of esters is 1. The first-order valence-electron chi connectivity index (χ1n) is 10.4. The lowest BCUT2D eigenvalue weighted by Gasteiger charge is -2.26. The summed E-state index contributed by atoms with van der Waals surface area (Å²) in [5, 5.41) is 9.37. The number of phenolic OH excluding ortho intramolecular Hbond substituents is 1. The number of fused-ring (bicyclic) bond motifs is 1. The molecular weight excluding hydrogens is 434 g/mol. The molecule has 0 aliphatic carbocycles. The van der Waals surface area contributed by atoms with Gasteiger partial charge in [-0.25, -0.2) is 18.2 Å². The minimum absolute atomic E-state index is 0.0556. The van der Waals surface area contributed by atoms with Crippen LogP contribution in [-0.4, -0.2) is 59.7 Å². The van der Waals surface area contributed by atoms with Gasteiger partial charge in [0.15, 0.2) is 0 Å². The van der Waals surface area contributed by atoms with E-state index in [1.54, 1.807) is 18.2 Å². The molecule has 3 aromatic rings. The van der Waals surface area contributed by atoms with Gasteiger partial charge >= 0.3 is 5.97 Å². The van der Waals surface area contributed by atoms with Crippen LogP contribution in [0.15, 0.2) is 47.4 Å². The SMILES string of the molecule is CCCn1c(COC(=O)c2ccc(O)cc2)nc2cc(S(=O)(=O)N3CCOCC3)ccc21. The summed E-state index contributed by atoms with van der Waals surface area (Å²) in [4.78, 5) is 17.1. The number of rotatable bonds is 7. The number of phenols is 1. The number of hydrogen-bond acceptors (Lipinski definition) is 7. The van der Waals surface area contributed by atoms with E-state index < -0.39 is 16.0 Å². The van der Waals surface area contributed by atoms with Gasteiger partial charge in [-0.15, -0.1) is 0 Å². The molecule has 0 radical (unpaired) electrons. The molecule has 2 aromatic carbocycles. The highest BCUT2D eigenvalue weighted by molar-refractivity contribution is 7.89. The van der Waals surface area contributed by atoms with Crippen LogP contribution in [0.1, 0.15) is 29.5 Å². The van der Waals surface area contributed by atoms with Gasteiger partial charge in [0.1, 0.15) is 18.2 Å². The highest BCUT2D eigenvalue weighted by Gasteiger charge is 2.27. The highest BCUT2D eigenvalue weighted by atomic mass is 32.2. The second-order valence-electron chi connectivity index (χ2n) is 7.47. The van der Waals surface area contributed by atoms with Crippen LogP contribution in [0.25, 0.3) is 11.0 Å². The summed E-state index contributed by atoms with van der Waals surface area (Å²) in [7, 11) is -3.64. The number of imidazole rings is 1. The van der Waals surface area contributed by atoms with E-state index in [0.717, 1.165) is 11.9 Å². The van der Waals surface area contributed by atoms with E-state index in [-0.39, 0.29) is 17.3 Å². The summed E-state index contributed by atoms with van der Waals surface area (Å²) in [6.45, 7) is 4.02. The van der Waals surface area contributed by atoms with Crippen LogP contribution >= 0.6 is 0 Å². The van der Waals surface area contributed by atoms with Gasteiger partial charge in [0, 0.05) is 19.6 Å². The Kier molecular flexibility index (Phi) is 6.45. The maximum Gasteiger partial charge on any atom is 0.338 e. The minimum Gasteiger partial charge on any atom is -0.508 e. The van der Waals surface area contributed by atoms with Crippen molar-refractivity contribution in [2.24, 2.45) is 0 Å². The van der Waals surface area contributed by atoms with Gasteiger partial charge in [-0.2, -0.15) is 4.31 Å². The van der Waals surface area contributed by atoms with Crippen LogP contribution in [0.3, 0.4) is 0 Å². The van der Waals surface area contributed by atoms with E-state index >= 15 is 0 Å². The molecule has 1 N–H and O–H groups in total. The Hall–Kier alpha value is -2.95. The van der Waals surface area contributed by atoms with Gasteiger partial charge in [0.25, 0.3) is 0 Å². The molecular formula is C22H25N3O6S. The lowest BCUT2D eigenvalue weighted by Crippen LogP contribution is -2.40. The predicted molar refractivity (Wildman–Crippen MR) is 117 cm³/mol. The van der Waals surface area contributed by atoms with Crippen LogP contribution in [0, 0.1) is 0 Å². The first-order valence-corrected chi connectivity index (χ1v) is 11.9. The Morgan fingerprint density at radius 3 is 2.56 bits per heavy atom. The fourth-order valence-corrected chi connectivity index (χ4v) is 5.08. The normalized spacial score (nSPS) is 15.2. The van der Waals surface area contributed by atoms with Crippen LogP contribution < -0.4 is 0 Å². The van der Waals surface area contributed by atoms with E-state index in [4.69, 9.17) is 9.47 Å². The number of aromatic hydroxyl groups is 1. The number of carbonyl (C=O) groups is 1. The minimum atomic E-state index is -3.64. The van der Waals surface area contributed by atoms with Gasteiger partial charge in [-0.3, -0.25) is 0 Å². The first-order chi connectivity index (χ1) is 15.4. The zero-order chi connectivity index (χ0) is 22.7. The maximum absolute atomic E-state index is 13.0. The van der Waals surface area contributed by atoms with Gasteiger partial charge in [0.2, 0.25) is 10.0 Å². The summed E-state index contributed by atoms with van der Waals surface area (Å²) in [5.41, 5.74) is 1.63. The molecule has 0 amide bonds. The third kappa shape index (κ3) is 4.47. The van der Waals surface area contributed by atoms with Crippen LogP contribution in [0.5, 0.6) is 5.75 Å². The number of ether oxygens (including phenoxy) is 2. The third-order valence-corrected chi connectivity index (χ3v) is 7.18. The molecule has 0 unspecified atom stereocenters. The van der Waals surface area contributed by atoms with Gasteiger partial charge in [-0.1, -0.05) is 6.92 Å². The Balaban J connectivity index is 1.60. The molecule has 1 aliphatic rings. The topological polar surface area (TPSA) is 111 Å². The van der Waals surface area contributed by atoms with E-state index in [0.29, 0.717) is 49.8 Å². The fourth-order valence-electron chi connectivity index (χ4n) is 3.65.